The Labute approximate surface area is 135 Å². The average molecular weight is 371 g/mol. The van der Waals surface area contributed by atoms with E-state index in [1.54, 1.807) is 17.4 Å². The second-order valence-electron chi connectivity index (χ2n) is 4.85. The number of fused-ring (bicyclic) bond motifs is 1. The maximum Gasteiger partial charge on any atom is 0.265 e. The van der Waals surface area contributed by atoms with E-state index in [-0.39, 0.29) is 5.91 Å². The molecule has 1 N–H and O–H groups in total. The van der Waals surface area contributed by atoms with Crippen LogP contribution >= 0.6 is 38.9 Å². The van der Waals surface area contributed by atoms with Crippen LogP contribution in [0.4, 0.5) is 5.69 Å². The van der Waals surface area contributed by atoms with Crippen molar-refractivity contribution in [2.75, 3.05) is 5.32 Å². The van der Waals surface area contributed by atoms with Crippen LogP contribution in [0.25, 0.3) is 0 Å². The molecule has 0 aliphatic heterocycles. The van der Waals surface area contributed by atoms with Gasteiger partial charge in [-0.15, -0.1) is 11.3 Å². The van der Waals surface area contributed by atoms with E-state index in [1.807, 2.05) is 18.2 Å². The quantitative estimate of drug-likeness (QED) is 0.764. The van der Waals surface area contributed by atoms with E-state index in [0.717, 1.165) is 27.9 Å². The molecule has 0 atom stereocenters. The summed E-state index contributed by atoms with van der Waals surface area (Å²) in [6.45, 7) is 0. The van der Waals surface area contributed by atoms with Crippen molar-refractivity contribution in [3.63, 3.8) is 0 Å². The monoisotopic (exact) mass is 369 g/mol. The summed E-state index contributed by atoms with van der Waals surface area (Å²) in [5.74, 6) is -0.0530. The lowest BCUT2D eigenvalue weighted by Gasteiger charge is -2.08. The number of rotatable bonds is 2. The number of anilines is 1. The Balaban J connectivity index is 1.78. The van der Waals surface area contributed by atoms with Gasteiger partial charge in [-0.3, -0.25) is 4.79 Å². The number of halogens is 2. The number of amides is 1. The van der Waals surface area contributed by atoms with Gasteiger partial charge < -0.3 is 5.32 Å². The Kier molecular flexibility index (Phi) is 4.15. The highest BCUT2D eigenvalue weighted by Crippen LogP contribution is 2.31. The van der Waals surface area contributed by atoms with Crippen molar-refractivity contribution in [3.8, 4) is 0 Å². The smallest absolute Gasteiger partial charge is 0.265 e. The maximum absolute atomic E-state index is 12.3. The summed E-state index contributed by atoms with van der Waals surface area (Å²) in [7, 11) is 0. The molecule has 0 radical (unpaired) electrons. The van der Waals surface area contributed by atoms with E-state index in [2.05, 4.69) is 21.2 Å². The highest BCUT2D eigenvalue weighted by atomic mass is 79.9. The molecule has 20 heavy (non-hydrogen) atoms. The fourth-order valence-electron chi connectivity index (χ4n) is 2.37. The minimum Gasteiger partial charge on any atom is -0.321 e. The van der Waals surface area contributed by atoms with Crippen LogP contribution in [0.3, 0.4) is 0 Å². The summed E-state index contributed by atoms with van der Waals surface area (Å²) in [4.78, 5) is 14.4. The number of carbonyl (C=O) groups is 1. The Hall–Kier alpha value is -0.840. The minimum absolute atomic E-state index is 0.0530. The predicted octanol–water partition coefficient (Wildman–Crippen LogP) is 5.30. The third kappa shape index (κ3) is 2.92. The summed E-state index contributed by atoms with van der Waals surface area (Å²) in [6, 6.07) is 7.45. The van der Waals surface area contributed by atoms with Crippen molar-refractivity contribution < 1.29 is 4.79 Å². The van der Waals surface area contributed by atoms with Gasteiger partial charge in [0.15, 0.2) is 0 Å². The molecule has 0 unspecified atom stereocenters. The first kappa shape index (κ1) is 14.1. The third-order valence-electron chi connectivity index (χ3n) is 3.40. The molecular weight excluding hydrogens is 358 g/mol. The summed E-state index contributed by atoms with van der Waals surface area (Å²) >= 11 is 11.0. The van der Waals surface area contributed by atoms with Crippen LogP contribution in [0, 0.1) is 0 Å². The number of thiophene rings is 1. The van der Waals surface area contributed by atoms with E-state index in [1.165, 1.54) is 23.3 Å². The molecular formula is C15H13BrClNOS. The second kappa shape index (κ2) is 5.88. The molecule has 0 spiro atoms. The van der Waals surface area contributed by atoms with E-state index in [9.17, 15) is 4.79 Å². The van der Waals surface area contributed by atoms with Gasteiger partial charge in [0.05, 0.1) is 9.90 Å². The molecule has 0 fully saturated rings. The van der Waals surface area contributed by atoms with Gasteiger partial charge in [-0.25, -0.2) is 0 Å². The van der Waals surface area contributed by atoms with Crippen LogP contribution in [0.5, 0.6) is 0 Å². The van der Waals surface area contributed by atoms with Crippen molar-refractivity contribution in [1.82, 2.24) is 0 Å². The summed E-state index contributed by atoms with van der Waals surface area (Å²) in [5, 5.41) is 3.49. The van der Waals surface area contributed by atoms with Crippen molar-refractivity contribution in [2.24, 2.45) is 0 Å². The second-order valence-corrected chi connectivity index (χ2v) is 7.25. The normalized spacial score (nSPS) is 13.9. The molecule has 0 saturated heterocycles. The number of carbonyl (C=O) groups excluding carboxylic acids is 1. The number of benzene rings is 1. The van der Waals surface area contributed by atoms with Crippen molar-refractivity contribution >= 4 is 50.5 Å². The number of hydrogen-bond acceptors (Lipinski definition) is 2. The fraction of sp³-hybridized carbons (Fsp3) is 0.267. The molecule has 104 valence electrons. The topological polar surface area (TPSA) is 29.1 Å². The lowest BCUT2D eigenvalue weighted by molar-refractivity contribution is 0.103. The van der Waals surface area contributed by atoms with E-state index in [0.29, 0.717) is 5.02 Å². The van der Waals surface area contributed by atoms with Gasteiger partial charge in [0, 0.05) is 15.0 Å². The molecule has 1 aromatic heterocycles. The molecule has 1 heterocycles. The largest absolute Gasteiger partial charge is 0.321 e. The minimum atomic E-state index is -0.0530. The predicted molar refractivity (Wildman–Crippen MR) is 88.1 cm³/mol. The Morgan fingerprint density at radius 2 is 2.05 bits per heavy atom. The van der Waals surface area contributed by atoms with Crippen LogP contribution in [0.15, 0.2) is 28.7 Å². The third-order valence-corrected chi connectivity index (χ3v) is 5.87. The van der Waals surface area contributed by atoms with Gasteiger partial charge in [-0.2, -0.15) is 0 Å². The zero-order valence-electron chi connectivity index (χ0n) is 10.7. The summed E-state index contributed by atoms with van der Waals surface area (Å²) in [6.07, 6.45) is 4.67. The van der Waals surface area contributed by atoms with Crippen LogP contribution in [-0.2, 0) is 12.8 Å². The van der Waals surface area contributed by atoms with Crippen molar-refractivity contribution in [2.45, 2.75) is 25.7 Å². The molecule has 5 heteroatoms. The Morgan fingerprint density at radius 3 is 2.80 bits per heavy atom. The Morgan fingerprint density at radius 1 is 1.25 bits per heavy atom. The zero-order chi connectivity index (χ0) is 14.1. The maximum atomic E-state index is 12.3. The Bertz CT molecular complexity index is 644. The first-order chi connectivity index (χ1) is 9.63. The molecule has 1 amide bonds. The fourth-order valence-corrected chi connectivity index (χ4v) is 3.95. The summed E-state index contributed by atoms with van der Waals surface area (Å²) < 4.78 is 0.823. The first-order valence-corrected chi connectivity index (χ1v) is 8.50. The average Bonchev–Trinajstić information content (AvgIpc) is 2.87. The van der Waals surface area contributed by atoms with Crippen LogP contribution in [-0.4, -0.2) is 5.91 Å². The molecule has 2 aromatic rings. The highest BCUT2D eigenvalue weighted by molar-refractivity contribution is 9.10. The van der Waals surface area contributed by atoms with E-state index >= 15 is 0 Å². The van der Waals surface area contributed by atoms with E-state index in [4.69, 9.17) is 11.6 Å². The number of aryl methyl sites for hydroxylation is 2. The van der Waals surface area contributed by atoms with Gasteiger partial charge >= 0.3 is 0 Å². The lowest BCUT2D eigenvalue weighted by Crippen LogP contribution is -2.10. The van der Waals surface area contributed by atoms with Gasteiger partial charge in [0.25, 0.3) is 5.91 Å². The van der Waals surface area contributed by atoms with Gasteiger partial charge in [-0.1, -0.05) is 11.6 Å². The standard InChI is InChI=1S/C15H13BrClNOS/c16-11-6-5-10(8-12(11)17)18-15(19)14-7-9-3-1-2-4-13(9)20-14/h5-8H,1-4H2,(H,18,19). The molecule has 1 aliphatic rings. The van der Waals surface area contributed by atoms with Crippen LogP contribution in [0.2, 0.25) is 5.02 Å². The van der Waals surface area contributed by atoms with Crippen LogP contribution < -0.4 is 5.32 Å². The van der Waals surface area contributed by atoms with Gasteiger partial charge in [0.1, 0.15) is 0 Å². The molecule has 0 bridgehead atoms. The lowest BCUT2D eigenvalue weighted by atomic mass is 9.99. The molecule has 0 saturated carbocycles. The summed E-state index contributed by atoms with van der Waals surface area (Å²) in [5.41, 5.74) is 2.06. The first-order valence-electron chi connectivity index (χ1n) is 6.51. The van der Waals surface area contributed by atoms with E-state index < -0.39 is 0 Å². The SMILES string of the molecule is O=C(Nc1ccc(Br)c(Cl)c1)c1cc2c(s1)CCCC2. The molecule has 1 aromatic carbocycles. The van der Waals surface area contributed by atoms with Crippen LogP contribution in [0.1, 0.15) is 33.0 Å². The van der Waals surface area contributed by atoms with Gasteiger partial charge in [-0.05, 0) is 71.4 Å². The van der Waals surface area contributed by atoms with Crippen molar-refractivity contribution in [1.29, 1.82) is 0 Å². The highest BCUT2D eigenvalue weighted by Gasteiger charge is 2.17. The zero-order valence-corrected chi connectivity index (χ0v) is 13.9. The number of nitrogens with one attached hydrogen (secondary N) is 1. The molecule has 1 aliphatic carbocycles. The molecule has 2 nitrogen and oxygen atoms in total. The molecule has 3 rings (SSSR count). The van der Waals surface area contributed by atoms with Gasteiger partial charge in [0.2, 0.25) is 0 Å². The van der Waals surface area contributed by atoms with Crippen molar-refractivity contribution in [3.05, 3.63) is 49.1 Å². The number of hydrogen-bond donors (Lipinski definition) is 1.